The van der Waals surface area contributed by atoms with Crippen LogP contribution in [0.5, 0.6) is 0 Å². The standard InChI is InChI=1S/C17H23N3O3/c1-12-2-3-14(10-15(12)17(23)18-11-16(21)22)20-9-8-19-6-4-13(20)5-7-19/h2-3,10,13H,4-9,11H2,1H3,(H,18,23)(H,21,22). The Morgan fingerprint density at radius 2 is 1.96 bits per heavy atom. The van der Waals surface area contributed by atoms with E-state index in [1.807, 2.05) is 19.1 Å². The summed E-state index contributed by atoms with van der Waals surface area (Å²) in [5.41, 5.74) is 2.48. The van der Waals surface area contributed by atoms with Crippen molar-refractivity contribution in [3.8, 4) is 0 Å². The van der Waals surface area contributed by atoms with Crippen molar-refractivity contribution in [1.82, 2.24) is 10.2 Å². The summed E-state index contributed by atoms with van der Waals surface area (Å²) in [7, 11) is 0. The van der Waals surface area contributed by atoms with Crippen molar-refractivity contribution in [3.05, 3.63) is 29.3 Å². The molecule has 1 amide bonds. The molecular weight excluding hydrogens is 294 g/mol. The molecule has 3 aliphatic rings. The third-order valence-corrected chi connectivity index (χ3v) is 4.85. The first-order valence-corrected chi connectivity index (χ1v) is 8.14. The van der Waals surface area contributed by atoms with Crippen molar-refractivity contribution in [1.29, 1.82) is 0 Å². The van der Waals surface area contributed by atoms with Gasteiger partial charge in [-0.05, 0) is 37.5 Å². The van der Waals surface area contributed by atoms with Crippen molar-refractivity contribution in [2.75, 3.05) is 37.6 Å². The lowest BCUT2D eigenvalue weighted by atomic mass is 10.0. The van der Waals surface area contributed by atoms with Crippen LogP contribution in [-0.2, 0) is 4.79 Å². The molecule has 3 saturated heterocycles. The summed E-state index contributed by atoms with van der Waals surface area (Å²) in [6.45, 7) is 5.86. The number of nitrogens with zero attached hydrogens (tertiary/aromatic N) is 2. The molecule has 0 radical (unpaired) electrons. The summed E-state index contributed by atoms with van der Waals surface area (Å²) < 4.78 is 0. The summed E-state index contributed by atoms with van der Waals surface area (Å²) in [6, 6.07) is 6.45. The topological polar surface area (TPSA) is 72.9 Å². The fourth-order valence-electron chi connectivity index (χ4n) is 3.51. The van der Waals surface area contributed by atoms with Gasteiger partial charge in [0.25, 0.3) is 5.91 Å². The van der Waals surface area contributed by atoms with Crippen LogP contribution in [0.2, 0.25) is 0 Å². The molecule has 1 aromatic carbocycles. The highest BCUT2D eigenvalue weighted by molar-refractivity contribution is 5.98. The minimum atomic E-state index is -1.04. The Kier molecular flexibility index (Phi) is 4.52. The lowest BCUT2D eigenvalue weighted by Gasteiger charge is -2.33. The van der Waals surface area contributed by atoms with Gasteiger partial charge in [0, 0.05) is 43.5 Å². The molecule has 0 atom stereocenters. The Balaban J connectivity index is 1.82. The van der Waals surface area contributed by atoms with E-state index in [-0.39, 0.29) is 12.5 Å². The molecule has 0 aliphatic carbocycles. The van der Waals surface area contributed by atoms with Crippen molar-refractivity contribution in [2.45, 2.75) is 25.8 Å². The number of anilines is 1. The van der Waals surface area contributed by atoms with Crippen molar-refractivity contribution in [3.63, 3.8) is 0 Å². The van der Waals surface area contributed by atoms with Crippen molar-refractivity contribution < 1.29 is 14.7 Å². The number of hydrogen-bond acceptors (Lipinski definition) is 4. The van der Waals surface area contributed by atoms with E-state index in [0.29, 0.717) is 11.6 Å². The molecular formula is C17H23N3O3. The smallest absolute Gasteiger partial charge is 0.322 e. The Morgan fingerprint density at radius 1 is 1.22 bits per heavy atom. The molecule has 3 fully saturated rings. The molecule has 0 spiro atoms. The quantitative estimate of drug-likeness (QED) is 0.870. The highest BCUT2D eigenvalue weighted by Crippen LogP contribution is 2.28. The number of carboxylic acid groups (broad SMARTS) is 1. The predicted molar refractivity (Wildman–Crippen MR) is 88.0 cm³/mol. The van der Waals surface area contributed by atoms with Gasteiger partial charge < -0.3 is 20.2 Å². The maximum absolute atomic E-state index is 12.2. The highest BCUT2D eigenvalue weighted by Gasteiger charge is 2.29. The number of carbonyl (C=O) groups is 2. The van der Waals surface area contributed by atoms with E-state index in [1.54, 1.807) is 0 Å². The molecule has 1 aromatic rings. The summed E-state index contributed by atoms with van der Waals surface area (Å²) in [5, 5.41) is 11.2. The van der Waals surface area contributed by atoms with Crippen LogP contribution in [0, 0.1) is 6.92 Å². The van der Waals surface area contributed by atoms with Crippen molar-refractivity contribution >= 4 is 17.6 Å². The largest absolute Gasteiger partial charge is 0.480 e. The highest BCUT2D eigenvalue weighted by atomic mass is 16.4. The van der Waals surface area contributed by atoms with Crippen LogP contribution in [0.3, 0.4) is 0 Å². The minimum Gasteiger partial charge on any atom is -0.480 e. The predicted octanol–water partition coefficient (Wildman–Crippen LogP) is 1.09. The van der Waals surface area contributed by atoms with Gasteiger partial charge in [0.15, 0.2) is 0 Å². The molecule has 6 nitrogen and oxygen atoms in total. The van der Waals surface area contributed by atoms with Gasteiger partial charge in [0.05, 0.1) is 0 Å². The molecule has 2 N–H and O–H groups in total. The van der Waals surface area contributed by atoms with Gasteiger partial charge in [0.1, 0.15) is 6.54 Å². The fraction of sp³-hybridized carbons (Fsp3) is 0.529. The summed E-state index contributed by atoms with van der Waals surface area (Å²) in [4.78, 5) is 27.8. The molecule has 23 heavy (non-hydrogen) atoms. The Labute approximate surface area is 136 Å². The van der Waals surface area contributed by atoms with Crippen LogP contribution in [0.25, 0.3) is 0 Å². The monoisotopic (exact) mass is 317 g/mol. The van der Waals surface area contributed by atoms with Gasteiger partial charge >= 0.3 is 5.97 Å². The van der Waals surface area contributed by atoms with Gasteiger partial charge in [-0.3, -0.25) is 9.59 Å². The van der Waals surface area contributed by atoms with E-state index in [2.05, 4.69) is 21.2 Å². The zero-order chi connectivity index (χ0) is 16.4. The van der Waals surface area contributed by atoms with Crippen LogP contribution in [0.15, 0.2) is 18.2 Å². The van der Waals surface area contributed by atoms with Crippen LogP contribution < -0.4 is 10.2 Å². The molecule has 124 valence electrons. The maximum Gasteiger partial charge on any atom is 0.322 e. The Hall–Kier alpha value is -2.08. The minimum absolute atomic E-state index is 0.324. The summed E-state index contributed by atoms with van der Waals surface area (Å²) >= 11 is 0. The zero-order valence-electron chi connectivity index (χ0n) is 13.4. The second-order valence-corrected chi connectivity index (χ2v) is 6.34. The van der Waals surface area contributed by atoms with Crippen LogP contribution in [0.4, 0.5) is 5.69 Å². The first-order valence-electron chi connectivity index (χ1n) is 8.14. The number of fused-ring (bicyclic) bond motifs is 4. The van der Waals surface area contributed by atoms with E-state index < -0.39 is 5.97 Å². The molecule has 4 rings (SSSR count). The van der Waals surface area contributed by atoms with Gasteiger partial charge in [-0.25, -0.2) is 0 Å². The van der Waals surface area contributed by atoms with E-state index in [1.165, 1.54) is 0 Å². The molecule has 0 unspecified atom stereocenters. The van der Waals surface area contributed by atoms with Gasteiger partial charge in [-0.2, -0.15) is 0 Å². The molecule has 0 saturated carbocycles. The Morgan fingerprint density at radius 3 is 2.65 bits per heavy atom. The number of rotatable bonds is 4. The molecule has 2 bridgehead atoms. The molecule has 6 heteroatoms. The Bertz CT molecular complexity index is 609. The number of nitrogens with one attached hydrogen (secondary N) is 1. The number of piperidine rings is 1. The number of amides is 1. The first kappa shape index (κ1) is 15.8. The number of hydrogen-bond donors (Lipinski definition) is 2. The van der Waals surface area contributed by atoms with E-state index >= 15 is 0 Å². The average Bonchev–Trinajstić information content (AvgIpc) is 2.87. The molecule has 3 heterocycles. The molecule has 3 aliphatic heterocycles. The van der Waals surface area contributed by atoms with Gasteiger partial charge in [-0.15, -0.1) is 0 Å². The summed E-state index contributed by atoms with van der Waals surface area (Å²) in [6.07, 6.45) is 2.32. The average molecular weight is 317 g/mol. The second kappa shape index (κ2) is 6.58. The fourth-order valence-corrected chi connectivity index (χ4v) is 3.51. The van der Waals surface area contributed by atoms with Gasteiger partial charge in [-0.1, -0.05) is 6.07 Å². The normalized spacial score (nSPS) is 23.4. The number of carbonyl (C=O) groups excluding carboxylic acids is 1. The number of benzene rings is 1. The summed E-state index contributed by atoms with van der Waals surface area (Å²) in [5.74, 6) is -1.36. The molecule has 0 aromatic heterocycles. The number of carboxylic acids is 1. The van der Waals surface area contributed by atoms with Crippen LogP contribution >= 0.6 is 0 Å². The number of aryl methyl sites for hydroxylation is 1. The van der Waals surface area contributed by atoms with Crippen LogP contribution in [0.1, 0.15) is 28.8 Å². The second-order valence-electron chi connectivity index (χ2n) is 6.34. The van der Waals surface area contributed by atoms with E-state index in [4.69, 9.17) is 5.11 Å². The van der Waals surface area contributed by atoms with Gasteiger partial charge in [0.2, 0.25) is 0 Å². The third-order valence-electron chi connectivity index (χ3n) is 4.85. The SMILES string of the molecule is Cc1ccc(N2CCN3CCC2CC3)cc1C(=O)NCC(=O)O. The van der Waals surface area contributed by atoms with Crippen molar-refractivity contribution in [2.24, 2.45) is 0 Å². The maximum atomic E-state index is 12.2. The zero-order valence-corrected chi connectivity index (χ0v) is 13.4. The van der Waals surface area contributed by atoms with E-state index in [0.717, 1.165) is 50.3 Å². The first-order chi connectivity index (χ1) is 11.0. The lowest BCUT2D eigenvalue weighted by molar-refractivity contribution is -0.135. The number of aliphatic carboxylic acids is 1. The van der Waals surface area contributed by atoms with Crippen LogP contribution in [-0.4, -0.2) is 60.6 Å². The van der Waals surface area contributed by atoms with E-state index in [9.17, 15) is 9.59 Å². The third kappa shape index (κ3) is 3.47. The lowest BCUT2D eigenvalue weighted by Crippen LogP contribution is -2.38.